The maximum absolute atomic E-state index is 12.3. The van der Waals surface area contributed by atoms with Gasteiger partial charge < -0.3 is 5.73 Å². The highest BCUT2D eigenvalue weighted by Gasteiger charge is 2.22. The van der Waals surface area contributed by atoms with Crippen LogP contribution in [0.1, 0.15) is 31.9 Å². The van der Waals surface area contributed by atoms with E-state index in [2.05, 4.69) is 4.72 Å². The van der Waals surface area contributed by atoms with Crippen LogP contribution in [0.15, 0.2) is 17.0 Å². The molecule has 0 amide bonds. The molecule has 3 N–H and O–H groups in total. The third kappa shape index (κ3) is 3.46. The second-order valence-corrected chi connectivity index (χ2v) is 7.51. The van der Waals surface area contributed by atoms with Crippen molar-refractivity contribution in [2.75, 3.05) is 12.3 Å². The summed E-state index contributed by atoms with van der Waals surface area (Å²) in [6, 6.07) is 3.46. The number of rotatable bonds is 3. The molecule has 1 aromatic carbocycles. The van der Waals surface area contributed by atoms with Gasteiger partial charge in [-0.3, -0.25) is 0 Å². The van der Waals surface area contributed by atoms with Crippen molar-refractivity contribution in [1.29, 1.82) is 0 Å². The number of anilines is 1. The smallest absolute Gasteiger partial charge is 0.241 e. The van der Waals surface area contributed by atoms with Gasteiger partial charge in [-0.2, -0.15) is 0 Å². The van der Waals surface area contributed by atoms with Crippen molar-refractivity contribution in [1.82, 2.24) is 4.72 Å². The highest BCUT2D eigenvalue weighted by atomic mass is 32.2. The first kappa shape index (κ1) is 15.0. The van der Waals surface area contributed by atoms with Gasteiger partial charge in [0.15, 0.2) is 0 Å². The van der Waals surface area contributed by atoms with Gasteiger partial charge in [0.1, 0.15) is 0 Å². The summed E-state index contributed by atoms with van der Waals surface area (Å²) in [4.78, 5) is 0.298. The zero-order valence-electron chi connectivity index (χ0n) is 11.7. The quantitative estimate of drug-likeness (QED) is 0.827. The van der Waals surface area contributed by atoms with Crippen molar-refractivity contribution in [3.05, 3.63) is 23.3 Å². The van der Waals surface area contributed by atoms with E-state index >= 15 is 0 Å². The summed E-state index contributed by atoms with van der Waals surface area (Å²) in [5.41, 5.74) is 7.49. The highest BCUT2D eigenvalue weighted by molar-refractivity contribution is 7.89. The molecule has 0 aliphatic carbocycles. The summed E-state index contributed by atoms with van der Waals surface area (Å²) in [6.07, 6.45) is 0. The van der Waals surface area contributed by atoms with Crippen molar-refractivity contribution in [3.8, 4) is 0 Å². The molecule has 0 bridgehead atoms. The van der Waals surface area contributed by atoms with E-state index in [-0.39, 0.29) is 5.41 Å². The minimum absolute atomic E-state index is 0.102. The molecule has 5 heteroatoms. The van der Waals surface area contributed by atoms with Crippen LogP contribution in [0.4, 0.5) is 5.69 Å². The SMILES string of the molecule is Cc1ccc(N)c(C)c1S(=O)(=O)NCC(C)(C)C. The molecule has 0 spiro atoms. The fourth-order valence-electron chi connectivity index (χ4n) is 1.64. The predicted molar refractivity (Wildman–Crippen MR) is 75.0 cm³/mol. The maximum Gasteiger partial charge on any atom is 0.241 e. The third-order valence-electron chi connectivity index (χ3n) is 2.71. The Kier molecular flexibility index (Phi) is 4.08. The zero-order chi connectivity index (χ0) is 14.1. The Morgan fingerprint density at radius 3 is 2.28 bits per heavy atom. The second-order valence-electron chi connectivity index (χ2n) is 5.81. The molecular formula is C13H22N2O2S. The van der Waals surface area contributed by atoms with Crippen LogP contribution in [0.2, 0.25) is 0 Å². The van der Waals surface area contributed by atoms with Crippen molar-refractivity contribution in [2.45, 2.75) is 39.5 Å². The van der Waals surface area contributed by atoms with Crippen molar-refractivity contribution < 1.29 is 8.42 Å². The zero-order valence-corrected chi connectivity index (χ0v) is 12.5. The van der Waals surface area contributed by atoms with Gasteiger partial charge in [0.05, 0.1) is 4.90 Å². The Morgan fingerprint density at radius 2 is 1.78 bits per heavy atom. The Labute approximate surface area is 110 Å². The molecule has 18 heavy (non-hydrogen) atoms. The van der Waals surface area contributed by atoms with E-state index in [1.165, 1.54) is 0 Å². The lowest BCUT2D eigenvalue weighted by atomic mass is 9.98. The molecule has 0 atom stereocenters. The molecule has 0 heterocycles. The lowest BCUT2D eigenvalue weighted by Gasteiger charge is -2.20. The Morgan fingerprint density at radius 1 is 1.22 bits per heavy atom. The normalized spacial score (nSPS) is 12.7. The molecule has 0 saturated carbocycles. The molecule has 1 aromatic rings. The first-order valence-electron chi connectivity index (χ1n) is 5.90. The van der Waals surface area contributed by atoms with Gasteiger partial charge >= 0.3 is 0 Å². The summed E-state index contributed by atoms with van der Waals surface area (Å²) in [7, 11) is -3.51. The molecule has 1 rings (SSSR count). The van der Waals surface area contributed by atoms with E-state index in [0.717, 1.165) is 0 Å². The lowest BCUT2D eigenvalue weighted by molar-refractivity contribution is 0.407. The fraction of sp³-hybridized carbons (Fsp3) is 0.538. The first-order chi connectivity index (χ1) is 8.04. The molecular weight excluding hydrogens is 248 g/mol. The number of nitrogen functional groups attached to an aromatic ring is 1. The molecule has 0 aliphatic heterocycles. The number of aryl methyl sites for hydroxylation is 1. The second kappa shape index (κ2) is 4.90. The lowest BCUT2D eigenvalue weighted by Crippen LogP contribution is -2.33. The minimum Gasteiger partial charge on any atom is -0.398 e. The molecule has 102 valence electrons. The number of nitrogens with one attached hydrogen (secondary N) is 1. The maximum atomic E-state index is 12.3. The molecule has 0 radical (unpaired) electrons. The van der Waals surface area contributed by atoms with Crippen molar-refractivity contribution >= 4 is 15.7 Å². The molecule has 0 saturated heterocycles. The average Bonchev–Trinajstić information content (AvgIpc) is 2.20. The van der Waals surface area contributed by atoms with Gasteiger partial charge in [0, 0.05) is 12.2 Å². The summed E-state index contributed by atoms with van der Waals surface area (Å²) in [5, 5.41) is 0. The van der Waals surface area contributed by atoms with Crippen LogP contribution < -0.4 is 10.5 Å². The van der Waals surface area contributed by atoms with Crippen LogP contribution in [0, 0.1) is 19.3 Å². The summed E-state index contributed by atoms with van der Waals surface area (Å²) < 4.78 is 27.3. The van der Waals surface area contributed by atoms with E-state index in [9.17, 15) is 8.42 Å². The first-order valence-corrected chi connectivity index (χ1v) is 7.38. The minimum atomic E-state index is -3.51. The number of nitrogens with two attached hydrogens (primary N) is 1. The Bertz CT molecular complexity index is 543. The van der Waals surface area contributed by atoms with E-state index in [1.807, 2.05) is 20.8 Å². The van der Waals surface area contributed by atoms with E-state index in [4.69, 9.17) is 5.73 Å². The van der Waals surface area contributed by atoms with Crippen LogP contribution in [0.3, 0.4) is 0 Å². The summed E-state index contributed by atoms with van der Waals surface area (Å²) >= 11 is 0. The van der Waals surface area contributed by atoms with E-state index in [1.54, 1.807) is 26.0 Å². The topological polar surface area (TPSA) is 72.2 Å². The molecule has 0 unspecified atom stereocenters. The van der Waals surface area contributed by atoms with Crippen LogP contribution in [-0.4, -0.2) is 15.0 Å². The van der Waals surface area contributed by atoms with Gasteiger partial charge in [0.25, 0.3) is 0 Å². The van der Waals surface area contributed by atoms with Crippen LogP contribution in [0.5, 0.6) is 0 Å². The Hall–Kier alpha value is -1.07. The van der Waals surface area contributed by atoms with E-state index < -0.39 is 10.0 Å². The Balaban J connectivity index is 3.18. The number of hydrogen-bond acceptors (Lipinski definition) is 3. The van der Waals surface area contributed by atoms with Gasteiger partial charge in [-0.05, 0) is 36.5 Å². The van der Waals surface area contributed by atoms with Crippen molar-refractivity contribution in [3.63, 3.8) is 0 Å². The van der Waals surface area contributed by atoms with Gasteiger partial charge in [-0.15, -0.1) is 0 Å². The van der Waals surface area contributed by atoms with Crippen LogP contribution in [-0.2, 0) is 10.0 Å². The molecule has 0 fully saturated rings. The predicted octanol–water partition coefficient (Wildman–Crippen LogP) is 2.21. The van der Waals surface area contributed by atoms with Crippen LogP contribution >= 0.6 is 0 Å². The average molecular weight is 270 g/mol. The molecule has 0 aromatic heterocycles. The summed E-state index contributed by atoms with van der Waals surface area (Å²) in [6.45, 7) is 9.84. The van der Waals surface area contributed by atoms with Gasteiger partial charge in [0.2, 0.25) is 10.0 Å². The van der Waals surface area contributed by atoms with Crippen molar-refractivity contribution in [2.24, 2.45) is 5.41 Å². The fourth-order valence-corrected chi connectivity index (χ4v) is 3.42. The monoisotopic (exact) mass is 270 g/mol. The number of sulfonamides is 1. The van der Waals surface area contributed by atoms with Crippen LogP contribution in [0.25, 0.3) is 0 Å². The molecule has 0 aliphatic rings. The number of benzene rings is 1. The third-order valence-corrected chi connectivity index (χ3v) is 4.40. The standard InChI is InChI=1S/C13H22N2O2S/c1-9-6-7-11(14)10(2)12(9)18(16,17)15-8-13(3,4)5/h6-7,15H,8,14H2,1-5H3. The largest absolute Gasteiger partial charge is 0.398 e. The molecule has 4 nitrogen and oxygen atoms in total. The van der Waals surface area contributed by atoms with Gasteiger partial charge in [-0.1, -0.05) is 26.8 Å². The summed E-state index contributed by atoms with van der Waals surface area (Å²) in [5.74, 6) is 0. The van der Waals surface area contributed by atoms with Gasteiger partial charge in [-0.25, -0.2) is 13.1 Å². The number of hydrogen-bond donors (Lipinski definition) is 2. The highest BCUT2D eigenvalue weighted by Crippen LogP contribution is 2.25. The van der Waals surface area contributed by atoms with E-state index in [0.29, 0.717) is 28.3 Å².